The molecule has 0 N–H and O–H groups in total. The fraction of sp³-hybridized carbons (Fsp3) is 0.588. The van der Waals surface area contributed by atoms with Gasteiger partial charge in [-0.1, -0.05) is 73.1 Å². The first-order chi connectivity index (χ1) is 21.1. The summed E-state index contributed by atoms with van der Waals surface area (Å²) < 4.78 is 45.5. The summed E-state index contributed by atoms with van der Waals surface area (Å²) in [7, 11) is 0.200. The lowest BCUT2D eigenvalue weighted by Gasteiger charge is -2.22. The molecule has 9 nitrogen and oxygen atoms in total. The minimum absolute atomic E-state index is 0.143. The number of para-hydroxylation sites is 2. The smallest absolute Gasteiger partial charge is 0.469 e. The fourth-order valence-electron chi connectivity index (χ4n) is 5.85. The summed E-state index contributed by atoms with van der Waals surface area (Å²) in [4.78, 5) is 24.0. The molecule has 0 radical (unpaired) electrons. The van der Waals surface area contributed by atoms with Crippen LogP contribution < -0.4 is 9.47 Å². The molecule has 0 aliphatic heterocycles. The van der Waals surface area contributed by atoms with Crippen LogP contribution >= 0.6 is 8.25 Å². The molecule has 2 saturated carbocycles. The van der Waals surface area contributed by atoms with E-state index in [4.69, 9.17) is 28.0 Å². The molecule has 0 heterocycles. The van der Waals surface area contributed by atoms with E-state index in [0.717, 1.165) is 22.3 Å². The van der Waals surface area contributed by atoms with Gasteiger partial charge in [0.2, 0.25) is 13.6 Å². The van der Waals surface area contributed by atoms with Gasteiger partial charge in [-0.2, -0.15) is 0 Å². The van der Waals surface area contributed by atoms with Crippen molar-refractivity contribution in [3.8, 4) is 11.5 Å². The third-order valence-corrected chi connectivity index (χ3v) is 9.61. The predicted octanol–water partition coefficient (Wildman–Crippen LogP) is 8.11. The maximum Gasteiger partial charge on any atom is 0.704 e. The van der Waals surface area contributed by atoms with E-state index in [0.29, 0.717) is 23.3 Å². The Labute approximate surface area is 261 Å². The van der Waals surface area contributed by atoms with Gasteiger partial charge in [0.1, 0.15) is 11.5 Å². The highest BCUT2D eigenvalue weighted by Crippen LogP contribution is 2.48. The quantitative estimate of drug-likeness (QED) is 0.0918. The van der Waals surface area contributed by atoms with Crippen molar-refractivity contribution in [3.63, 3.8) is 0 Å². The standard InChI is InChI=1S/C34H46O9P/c1-21(17-31(35)38-5)27-9-7-11-29(23(3)25-13-14-25)33(27)40-19-42-44(37)43-20-41-34-28(22(2)18-32(36)39-6)10-8-12-30(34)24(4)26-15-16-26/h7-12,21-26H,13-20H2,1-6H3/q+1. The molecule has 2 aliphatic carbocycles. The third-order valence-electron chi connectivity index (χ3n) is 8.98. The normalized spacial score (nSPS) is 17.6. The van der Waals surface area contributed by atoms with Crippen LogP contribution in [-0.4, -0.2) is 39.7 Å². The number of benzene rings is 2. The lowest BCUT2D eigenvalue weighted by Crippen LogP contribution is -2.12. The van der Waals surface area contributed by atoms with E-state index >= 15 is 0 Å². The number of carbonyl (C=O) groups is 2. The van der Waals surface area contributed by atoms with Crippen molar-refractivity contribution < 1.29 is 42.1 Å². The molecule has 44 heavy (non-hydrogen) atoms. The summed E-state index contributed by atoms with van der Waals surface area (Å²) in [6.45, 7) is 7.68. The molecule has 0 spiro atoms. The van der Waals surface area contributed by atoms with Gasteiger partial charge in [0, 0.05) is 4.57 Å². The second kappa shape index (κ2) is 15.8. The predicted molar refractivity (Wildman–Crippen MR) is 166 cm³/mol. The summed E-state index contributed by atoms with van der Waals surface area (Å²) >= 11 is 0. The summed E-state index contributed by atoms with van der Waals surface area (Å²) in [5.41, 5.74) is 3.83. The Morgan fingerprint density at radius 2 is 1.05 bits per heavy atom. The zero-order chi connectivity index (χ0) is 31.8. The molecule has 0 amide bonds. The summed E-state index contributed by atoms with van der Waals surface area (Å²) in [6, 6.07) is 11.9. The van der Waals surface area contributed by atoms with E-state index in [1.165, 1.54) is 39.9 Å². The summed E-state index contributed by atoms with van der Waals surface area (Å²) in [5.74, 6) is 2.16. The van der Waals surface area contributed by atoms with Gasteiger partial charge in [-0.25, -0.2) is 0 Å². The molecule has 0 aromatic heterocycles. The summed E-state index contributed by atoms with van der Waals surface area (Å²) in [6.07, 6.45) is 5.11. The van der Waals surface area contributed by atoms with Crippen LogP contribution in [0.25, 0.3) is 0 Å². The molecule has 0 bridgehead atoms. The molecule has 10 heteroatoms. The molecular formula is C34H46O9P+. The fourth-order valence-corrected chi connectivity index (χ4v) is 6.21. The van der Waals surface area contributed by atoms with E-state index < -0.39 is 8.25 Å². The van der Waals surface area contributed by atoms with Crippen molar-refractivity contribution in [2.45, 2.75) is 89.9 Å². The molecule has 4 unspecified atom stereocenters. The highest BCUT2D eigenvalue weighted by Gasteiger charge is 2.34. The van der Waals surface area contributed by atoms with Crippen LogP contribution in [0.2, 0.25) is 0 Å². The molecule has 2 fully saturated rings. The van der Waals surface area contributed by atoms with Crippen molar-refractivity contribution >= 4 is 20.2 Å². The maximum atomic E-state index is 12.7. The van der Waals surface area contributed by atoms with Gasteiger partial charge in [0.05, 0.1) is 27.1 Å². The second-order valence-electron chi connectivity index (χ2n) is 12.2. The SMILES string of the molecule is COC(=O)CC(C)c1cccc(C(C)C2CC2)c1OCO[P+](=O)OCOc1c(C(C)CC(=O)OC)cccc1C(C)C1CC1. The highest BCUT2D eigenvalue weighted by molar-refractivity contribution is 7.33. The van der Waals surface area contributed by atoms with E-state index in [-0.39, 0.29) is 62.0 Å². The van der Waals surface area contributed by atoms with Crippen molar-refractivity contribution in [1.29, 1.82) is 0 Å². The van der Waals surface area contributed by atoms with Crippen LogP contribution in [0.4, 0.5) is 0 Å². The average molecular weight is 630 g/mol. The number of methoxy groups -OCH3 is 2. The van der Waals surface area contributed by atoms with E-state index in [1.54, 1.807) is 0 Å². The Balaban J connectivity index is 1.40. The van der Waals surface area contributed by atoms with Gasteiger partial charge in [0.25, 0.3) is 0 Å². The van der Waals surface area contributed by atoms with Crippen molar-refractivity contribution in [2.24, 2.45) is 11.8 Å². The molecular weight excluding hydrogens is 583 g/mol. The largest absolute Gasteiger partial charge is 0.704 e. The average Bonchev–Trinajstić information content (AvgIpc) is 3.94. The van der Waals surface area contributed by atoms with Crippen LogP contribution in [0.15, 0.2) is 36.4 Å². The molecule has 240 valence electrons. The lowest BCUT2D eigenvalue weighted by molar-refractivity contribution is -0.141. The minimum Gasteiger partial charge on any atom is -0.469 e. The molecule has 2 aliphatic rings. The van der Waals surface area contributed by atoms with Crippen LogP contribution in [0, 0.1) is 11.8 Å². The Bertz CT molecular complexity index is 1210. The zero-order valence-corrected chi connectivity index (χ0v) is 27.6. The third kappa shape index (κ3) is 9.02. The molecule has 2 aromatic carbocycles. The molecule has 0 saturated heterocycles. The van der Waals surface area contributed by atoms with Crippen LogP contribution in [0.3, 0.4) is 0 Å². The minimum atomic E-state index is -2.55. The van der Waals surface area contributed by atoms with Gasteiger partial charge in [0.15, 0.2) is 0 Å². The Hall–Kier alpha value is -3.00. The topological polar surface area (TPSA) is 107 Å². The molecule has 2 aromatic rings. The van der Waals surface area contributed by atoms with Crippen LogP contribution in [-0.2, 0) is 32.7 Å². The molecule has 4 atom stereocenters. The van der Waals surface area contributed by atoms with Crippen LogP contribution in [0.1, 0.15) is 112 Å². The number of ether oxygens (including phenoxy) is 4. The van der Waals surface area contributed by atoms with Gasteiger partial charge in [-0.3, -0.25) is 9.59 Å². The van der Waals surface area contributed by atoms with E-state index in [2.05, 4.69) is 13.8 Å². The Kier molecular flexibility index (Phi) is 12.2. The van der Waals surface area contributed by atoms with Gasteiger partial charge >= 0.3 is 20.2 Å². The number of carbonyl (C=O) groups excluding carboxylic acids is 2. The number of hydrogen-bond acceptors (Lipinski definition) is 9. The first-order valence-corrected chi connectivity index (χ1v) is 16.6. The number of esters is 2. The first-order valence-electron chi connectivity index (χ1n) is 15.5. The van der Waals surface area contributed by atoms with E-state index in [9.17, 15) is 14.2 Å². The van der Waals surface area contributed by atoms with Crippen molar-refractivity contribution in [1.82, 2.24) is 0 Å². The summed E-state index contributed by atoms with van der Waals surface area (Å²) in [5, 5.41) is 0. The van der Waals surface area contributed by atoms with Gasteiger partial charge in [-0.15, -0.1) is 0 Å². The Morgan fingerprint density at radius 1 is 0.682 bits per heavy atom. The van der Waals surface area contributed by atoms with Gasteiger partial charge in [-0.05, 0) is 83.4 Å². The second-order valence-corrected chi connectivity index (χ2v) is 13.1. The first kappa shape index (κ1) is 33.9. The monoisotopic (exact) mass is 629 g/mol. The maximum absolute atomic E-state index is 12.7. The van der Waals surface area contributed by atoms with Crippen molar-refractivity contribution in [2.75, 3.05) is 27.8 Å². The number of rotatable bonds is 18. The lowest BCUT2D eigenvalue weighted by atomic mass is 9.89. The zero-order valence-electron chi connectivity index (χ0n) is 26.7. The van der Waals surface area contributed by atoms with E-state index in [1.807, 2.05) is 50.2 Å². The molecule has 4 rings (SSSR count). The van der Waals surface area contributed by atoms with Crippen molar-refractivity contribution in [3.05, 3.63) is 58.7 Å². The number of hydrogen-bond donors (Lipinski definition) is 0. The Morgan fingerprint density at radius 3 is 1.39 bits per heavy atom. The van der Waals surface area contributed by atoms with Gasteiger partial charge < -0.3 is 18.9 Å². The van der Waals surface area contributed by atoms with Crippen LogP contribution in [0.5, 0.6) is 11.5 Å². The highest BCUT2D eigenvalue weighted by atomic mass is 31.1.